The Bertz CT molecular complexity index is 2080. The summed E-state index contributed by atoms with van der Waals surface area (Å²) in [4.78, 5) is 73.3. The van der Waals surface area contributed by atoms with E-state index < -0.39 is 97.5 Å². The van der Waals surface area contributed by atoms with E-state index in [1.165, 1.54) is 321 Å². The van der Waals surface area contributed by atoms with Crippen LogP contribution in [0.1, 0.15) is 497 Å². The fourth-order valence-electron chi connectivity index (χ4n) is 14.4. The number of esters is 4. The summed E-state index contributed by atoms with van der Waals surface area (Å²) in [6.07, 6.45) is 79.5. The van der Waals surface area contributed by atoms with Gasteiger partial charge in [0.05, 0.1) is 26.4 Å². The molecule has 0 fully saturated rings. The minimum Gasteiger partial charge on any atom is -0.462 e. The van der Waals surface area contributed by atoms with E-state index in [9.17, 15) is 43.2 Å². The van der Waals surface area contributed by atoms with Crippen LogP contribution in [-0.2, 0) is 65.4 Å². The Morgan fingerprint density at radius 1 is 0.245 bits per heavy atom. The molecule has 0 aliphatic carbocycles. The smallest absolute Gasteiger partial charge is 0.462 e. The molecular formula is C91H178O17P2. The molecule has 17 nitrogen and oxygen atoms in total. The third-order valence-electron chi connectivity index (χ3n) is 21.5. The summed E-state index contributed by atoms with van der Waals surface area (Å²) in [7, 11) is -9.93. The van der Waals surface area contributed by atoms with Crippen molar-refractivity contribution in [2.75, 3.05) is 39.6 Å². The van der Waals surface area contributed by atoms with Gasteiger partial charge in [-0.15, -0.1) is 0 Å². The molecule has 19 heteroatoms. The van der Waals surface area contributed by atoms with Gasteiger partial charge >= 0.3 is 39.5 Å². The number of phosphoric acid groups is 2. The summed E-state index contributed by atoms with van der Waals surface area (Å²) < 4.78 is 69.0. The number of carbonyl (C=O) groups is 4. The molecule has 0 spiro atoms. The highest BCUT2D eigenvalue weighted by Gasteiger charge is 2.31. The Labute approximate surface area is 677 Å². The summed E-state index contributed by atoms with van der Waals surface area (Å²) in [6.45, 7) is 7.39. The van der Waals surface area contributed by atoms with Crippen LogP contribution in [0.3, 0.4) is 0 Å². The lowest BCUT2D eigenvalue weighted by atomic mass is 10.0. The number of ether oxygens (including phenoxy) is 4. The van der Waals surface area contributed by atoms with Gasteiger partial charge in [-0.2, -0.15) is 0 Å². The molecule has 3 N–H and O–H groups in total. The SMILES string of the molecule is CCCCCCCCCCCCCCCCCCCCCCCCC(=O)O[C@H](COC(=O)CCCCCCCCCCCCCCCCCCCCCCC)COP(=O)(O)OC[C@@H](O)COP(=O)(O)OC[C@@H](COC(=O)CCCCCCCCCC)OC(=O)CCCCCCCCCCCCCCCCCCC(C)C. The number of rotatable bonds is 91. The van der Waals surface area contributed by atoms with Crippen molar-refractivity contribution in [3.8, 4) is 0 Å². The second kappa shape index (κ2) is 83.5. The molecule has 0 aromatic heterocycles. The van der Waals surface area contributed by atoms with Crippen LogP contribution in [0.4, 0.5) is 0 Å². The Morgan fingerprint density at radius 3 is 0.618 bits per heavy atom. The molecule has 0 bridgehead atoms. The lowest BCUT2D eigenvalue weighted by Gasteiger charge is -2.21. The lowest BCUT2D eigenvalue weighted by molar-refractivity contribution is -0.161. The van der Waals surface area contributed by atoms with E-state index in [0.29, 0.717) is 25.7 Å². The van der Waals surface area contributed by atoms with E-state index in [4.69, 9.17) is 37.0 Å². The quantitative estimate of drug-likeness (QED) is 0.0222. The number of aliphatic hydroxyl groups excluding tert-OH is 1. The zero-order valence-corrected chi connectivity index (χ0v) is 74.2. The van der Waals surface area contributed by atoms with Crippen LogP contribution in [0.15, 0.2) is 0 Å². The van der Waals surface area contributed by atoms with Crippen molar-refractivity contribution < 1.29 is 80.2 Å². The third kappa shape index (κ3) is 84.0. The second-order valence-electron chi connectivity index (χ2n) is 33.2. The van der Waals surface area contributed by atoms with E-state index in [1.807, 2.05) is 0 Å². The molecule has 0 heterocycles. The minimum atomic E-state index is -4.97. The topological polar surface area (TPSA) is 237 Å². The maximum absolute atomic E-state index is 13.2. The molecule has 110 heavy (non-hydrogen) atoms. The molecule has 654 valence electrons. The van der Waals surface area contributed by atoms with Crippen LogP contribution in [0, 0.1) is 5.92 Å². The Morgan fingerprint density at radius 2 is 0.418 bits per heavy atom. The molecule has 0 rings (SSSR count). The summed E-state index contributed by atoms with van der Waals surface area (Å²) in [5.74, 6) is -1.29. The number of phosphoric ester groups is 2. The predicted molar refractivity (Wildman–Crippen MR) is 455 cm³/mol. The molecule has 5 atom stereocenters. The maximum Gasteiger partial charge on any atom is 0.472 e. The molecule has 2 unspecified atom stereocenters. The molecule has 0 aliphatic heterocycles. The number of hydrogen-bond donors (Lipinski definition) is 3. The van der Waals surface area contributed by atoms with Crippen LogP contribution in [0.25, 0.3) is 0 Å². The van der Waals surface area contributed by atoms with Crippen molar-refractivity contribution in [3.05, 3.63) is 0 Å². The number of unbranched alkanes of at least 4 members (excludes halogenated alkanes) is 63. The lowest BCUT2D eigenvalue weighted by Crippen LogP contribution is -2.30. The fourth-order valence-corrected chi connectivity index (χ4v) is 15.9. The normalized spacial score (nSPS) is 13.7. The minimum absolute atomic E-state index is 0.108. The second-order valence-corrected chi connectivity index (χ2v) is 36.1. The molecule has 0 aromatic rings. The van der Waals surface area contributed by atoms with Crippen molar-refractivity contribution in [1.82, 2.24) is 0 Å². The Balaban J connectivity index is 5.16. The van der Waals surface area contributed by atoms with Gasteiger partial charge in [0.15, 0.2) is 12.2 Å². The van der Waals surface area contributed by atoms with Gasteiger partial charge in [-0.25, -0.2) is 9.13 Å². The predicted octanol–water partition coefficient (Wildman–Crippen LogP) is 28.3. The first-order valence-corrected chi connectivity index (χ1v) is 50.1. The van der Waals surface area contributed by atoms with Crippen molar-refractivity contribution >= 4 is 39.5 Å². The van der Waals surface area contributed by atoms with Gasteiger partial charge in [0, 0.05) is 25.7 Å². The number of carbonyl (C=O) groups excluding carboxylic acids is 4. The van der Waals surface area contributed by atoms with Crippen molar-refractivity contribution in [2.24, 2.45) is 5.92 Å². The van der Waals surface area contributed by atoms with Crippen LogP contribution < -0.4 is 0 Å². The molecule has 0 amide bonds. The summed E-state index contributed by atoms with van der Waals surface area (Å²) in [5, 5.41) is 10.7. The highest BCUT2D eigenvalue weighted by molar-refractivity contribution is 7.47. The molecule has 0 aromatic carbocycles. The van der Waals surface area contributed by atoms with Gasteiger partial charge in [-0.05, 0) is 31.6 Å². The highest BCUT2D eigenvalue weighted by atomic mass is 31.2. The number of hydrogen-bond acceptors (Lipinski definition) is 15. The summed E-state index contributed by atoms with van der Waals surface area (Å²) >= 11 is 0. The average molecular weight is 1610 g/mol. The van der Waals surface area contributed by atoms with Gasteiger partial charge in [-0.1, -0.05) is 446 Å². The first-order valence-electron chi connectivity index (χ1n) is 47.1. The van der Waals surface area contributed by atoms with Gasteiger partial charge in [0.1, 0.15) is 19.3 Å². The number of aliphatic hydroxyl groups is 1. The highest BCUT2D eigenvalue weighted by Crippen LogP contribution is 2.45. The average Bonchev–Trinajstić information content (AvgIpc) is 0.898. The van der Waals surface area contributed by atoms with Crippen LogP contribution >= 0.6 is 15.6 Å². The van der Waals surface area contributed by atoms with E-state index in [-0.39, 0.29) is 25.7 Å². The maximum atomic E-state index is 13.2. The Kier molecular flexibility index (Phi) is 82.1. The van der Waals surface area contributed by atoms with Crippen molar-refractivity contribution in [1.29, 1.82) is 0 Å². The standard InChI is InChI=1S/C91H178O17P2/c1-6-9-12-15-18-21-23-25-27-29-31-33-35-37-39-44-48-52-56-61-66-71-77-91(96)108-87(81-102-89(94)75-70-65-60-55-51-47-43-38-36-34-32-30-28-26-24-22-19-16-13-10-7-2)83-106-110(99,100)104-79-85(92)78-103-109(97,98)105-82-86(80-101-88(93)74-69-64-59-20-17-14-11-8-3)107-90(95)76-72-67-62-57-53-49-45-41-40-42-46-50-54-58-63-68-73-84(4)5/h84-87,92H,6-83H2,1-5H3,(H,97,98)(H,99,100)/t85-,86+,87+/m0/s1. The van der Waals surface area contributed by atoms with Crippen molar-refractivity contribution in [2.45, 2.75) is 515 Å². The third-order valence-corrected chi connectivity index (χ3v) is 23.4. The zero-order chi connectivity index (χ0) is 80.4. The van der Waals surface area contributed by atoms with Crippen LogP contribution in [-0.4, -0.2) is 96.7 Å². The molecule has 0 aliphatic rings. The first kappa shape index (κ1) is 108. The van der Waals surface area contributed by atoms with Gasteiger partial charge in [0.25, 0.3) is 0 Å². The van der Waals surface area contributed by atoms with E-state index in [1.54, 1.807) is 0 Å². The molecule has 0 saturated carbocycles. The fraction of sp³-hybridized carbons (Fsp3) is 0.956. The van der Waals surface area contributed by atoms with Gasteiger partial charge in [0.2, 0.25) is 0 Å². The van der Waals surface area contributed by atoms with E-state index >= 15 is 0 Å². The molecule has 0 saturated heterocycles. The zero-order valence-electron chi connectivity index (χ0n) is 72.4. The van der Waals surface area contributed by atoms with E-state index in [0.717, 1.165) is 95.8 Å². The van der Waals surface area contributed by atoms with Gasteiger partial charge < -0.3 is 33.8 Å². The van der Waals surface area contributed by atoms with E-state index in [2.05, 4.69) is 34.6 Å². The summed E-state index contributed by atoms with van der Waals surface area (Å²) in [6, 6.07) is 0. The van der Waals surface area contributed by atoms with Gasteiger partial charge in [-0.3, -0.25) is 37.3 Å². The Hall–Kier alpha value is -1.94. The largest absolute Gasteiger partial charge is 0.472 e. The first-order chi connectivity index (χ1) is 53.5. The van der Waals surface area contributed by atoms with Crippen molar-refractivity contribution in [3.63, 3.8) is 0 Å². The van der Waals surface area contributed by atoms with Crippen LogP contribution in [0.2, 0.25) is 0 Å². The molecular weight excluding hydrogens is 1430 g/mol. The monoisotopic (exact) mass is 1610 g/mol. The molecule has 0 radical (unpaired) electrons. The van der Waals surface area contributed by atoms with Crippen LogP contribution in [0.5, 0.6) is 0 Å². The summed E-state index contributed by atoms with van der Waals surface area (Å²) in [5.41, 5.74) is 0.